The number of esters is 8. The van der Waals surface area contributed by atoms with E-state index in [9.17, 15) is 38.4 Å². The largest absolute Gasteiger partial charge is 0.462 e. The van der Waals surface area contributed by atoms with E-state index < -0.39 is 41.9 Å². The monoisotopic (exact) mass is 1070 g/mol. The van der Waals surface area contributed by atoms with E-state index in [-0.39, 0.29) is 55.9 Å². The van der Waals surface area contributed by atoms with Crippen molar-refractivity contribution < 1.29 is 76.3 Å². The van der Waals surface area contributed by atoms with Gasteiger partial charge in [-0.3, -0.25) is 4.90 Å². The summed E-state index contributed by atoms with van der Waals surface area (Å²) < 4.78 is 38.9. The van der Waals surface area contributed by atoms with Gasteiger partial charge in [0.15, 0.2) is 0 Å². The molecule has 0 bridgehead atoms. The van der Waals surface area contributed by atoms with Crippen LogP contribution in [0.25, 0.3) is 0 Å². The molecule has 0 spiro atoms. The molecule has 21 heteroatoms. The first-order chi connectivity index (χ1) is 35.3. The van der Waals surface area contributed by atoms with Crippen LogP contribution in [-0.4, -0.2) is 174 Å². The second kappa shape index (κ2) is 53.8. The maximum atomic E-state index is 11.1. The second-order valence-corrected chi connectivity index (χ2v) is 16.5. The Morgan fingerprint density at radius 2 is 0.733 bits per heavy atom. The molecular weight excluding hydrogens is 975 g/mol. The molecule has 0 fully saturated rings. The van der Waals surface area contributed by atoms with E-state index in [1.54, 1.807) is 0 Å². The number of nitrogens with one attached hydrogen (secondary N) is 4. The highest BCUT2D eigenvalue weighted by atomic mass is 16.6. The molecule has 1 atom stereocenters. The highest BCUT2D eigenvalue weighted by molar-refractivity contribution is 5.83. The van der Waals surface area contributed by atoms with Gasteiger partial charge in [-0.1, -0.05) is 108 Å². The van der Waals surface area contributed by atoms with Gasteiger partial charge < -0.3 is 59.2 Å². The van der Waals surface area contributed by atoms with E-state index >= 15 is 0 Å². The topological polar surface area (TPSA) is 262 Å². The number of nitrogens with zero attached hydrogens (tertiary/aromatic N) is 1. The van der Waals surface area contributed by atoms with Gasteiger partial charge in [-0.05, 0) is 26.8 Å². The molecule has 0 aromatic rings. The highest BCUT2D eigenvalue weighted by Crippen LogP contribution is 2.00. The van der Waals surface area contributed by atoms with E-state index in [2.05, 4.69) is 87.7 Å². The van der Waals surface area contributed by atoms with E-state index in [1.165, 1.54) is 6.08 Å². The first-order valence-corrected chi connectivity index (χ1v) is 24.4. The fourth-order valence-corrected chi connectivity index (χ4v) is 4.57. The SMILES string of the molecule is C=CC(=O)OCC(CNC(C)C)OC(=O)C=C.C=CC(=O)OCC(COC(=O)C=C)NC(C)C.C=CC(=O)OCCCNC(C)C.C=CC(=O)OCCN(CCOC(=O)C=C)C(C)C.C=CC(=O)OCCNC(C)C. The van der Waals surface area contributed by atoms with Crippen LogP contribution in [0.4, 0.5) is 0 Å². The van der Waals surface area contributed by atoms with Crippen LogP contribution in [0.2, 0.25) is 0 Å². The molecule has 0 aromatic heterocycles. The molecule has 75 heavy (non-hydrogen) atoms. The third-order valence-corrected chi connectivity index (χ3v) is 8.20. The second-order valence-electron chi connectivity index (χ2n) is 16.5. The lowest BCUT2D eigenvalue weighted by molar-refractivity contribution is -0.152. The Morgan fingerprint density at radius 3 is 1.08 bits per heavy atom. The molecule has 4 N–H and O–H groups in total. The summed E-state index contributed by atoms with van der Waals surface area (Å²) in [5.74, 6) is -3.68. The van der Waals surface area contributed by atoms with Crippen LogP contribution < -0.4 is 21.3 Å². The summed E-state index contributed by atoms with van der Waals surface area (Å²) in [7, 11) is 0. The quantitative estimate of drug-likeness (QED) is 0.0289. The number of hydrogen-bond acceptors (Lipinski definition) is 21. The van der Waals surface area contributed by atoms with Gasteiger partial charge in [0.05, 0.1) is 12.6 Å². The summed E-state index contributed by atoms with van der Waals surface area (Å²) in [4.78, 5) is 88.6. The molecule has 1 unspecified atom stereocenters. The molecule has 0 saturated carbocycles. The zero-order valence-electron chi connectivity index (χ0n) is 46.5. The van der Waals surface area contributed by atoms with Gasteiger partial charge in [-0.2, -0.15) is 0 Å². The Morgan fingerprint density at radius 1 is 0.400 bits per heavy atom. The molecule has 0 aliphatic heterocycles. The molecule has 428 valence electrons. The van der Waals surface area contributed by atoms with Gasteiger partial charge in [-0.25, -0.2) is 38.4 Å². The summed E-state index contributed by atoms with van der Waals surface area (Å²) in [5, 5.41) is 12.5. The molecule has 0 amide bonds. The Bertz CT molecular complexity index is 1650. The number of hydrogen-bond donors (Lipinski definition) is 4. The molecule has 21 nitrogen and oxygen atoms in total. The van der Waals surface area contributed by atoms with Crippen LogP contribution in [0.3, 0.4) is 0 Å². The number of carbonyl (C=O) groups is 8. The van der Waals surface area contributed by atoms with Crippen molar-refractivity contribution in [3.63, 3.8) is 0 Å². The van der Waals surface area contributed by atoms with Gasteiger partial charge in [0, 0.05) is 105 Å². The van der Waals surface area contributed by atoms with Gasteiger partial charge in [0.25, 0.3) is 0 Å². The molecular formula is C54H91N5O16. The van der Waals surface area contributed by atoms with Crippen molar-refractivity contribution in [2.45, 2.75) is 118 Å². The van der Waals surface area contributed by atoms with Crippen molar-refractivity contribution in [2.75, 3.05) is 79.0 Å². The predicted molar refractivity (Wildman–Crippen MR) is 291 cm³/mol. The van der Waals surface area contributed by atoms with Crippen LogP contribution in [0.1, 0.15) is 75.7 Å². The molecule has 0 saturated heterocycles. The highest BCUT2D eigenvalue weighted by Gasteiger charge is 2.16. The summed E-state index contributed by atoms with van der Waals surface area (Å²) in [5.41, 5.74) is 0. The van der Waals surface area contributed by atoms with Crippen molar-refractivity contribution in [1.82, 2.24) is 26.2 Å². The molecule has 0 aliphatic carbocycles. The fourth-order valence-electron chi connectivity index (χ4n) is 4.57. The summed E-state index contributed by atoms with van der Waals surface area (Å²) in [6.45, 7) is 51.3. The van der Waals surface area contributed by atoms with Crippen molar-refractivity contribution in [3.05, 3.63) is 101 Å². The summed E-state index contributed by atoms with van der Waals surface area (Å²) >= 11 is 0. The van der Waals surface area contributed by atoms with E-state index in [0.29, 0.717) is 64.7 Å². The van der Waals surface area contributed by atoms with Crippen molar-refractivity contribution in [2.24, 2.45) is 0 Å². The van der Waals surface area contributed by atoms with Crippen LogP contribution >= 0.6 is 0 Å². The van der Waals surface area contributed by atoms with Crippen LogP contribution in [0.15, 0.2) is 101 Å². The van der Waals surface area contributed by atoms with Gasteiger partial charge in [0.2, 0.25) is 0 Å². The summed E-state index contributed by atoms with van der Waals surface area (Å²) in [6.07, 6.45) is 9.21. The Balaban J connectivity index is -0.000000276. The predicted octanol–water partition coefficient (Wildman–Crippen LogP) is 4.60. The normalized spacial score (nSPS) is 10.4. The first kappa shape index (κ1) is 77.4. The maximum absolute atomic E-state index is 11.1. The van der Waals surface area contributed by atoms with Gasteiger partial charge in [-0.15, -0.1) is 0 Å². The average molecular weight is 1070 g/mol. The van der Waals surface area contributed by atoms with Gasteiger partial charge in [0.1, 0.15) is 45.7 Å². The zero-order valence-corrected chi connectivity index (χ0v) is 46.5. The minimum Gasteiger partial charge on any atom is -0.462 e. The summed E-state index contributed by atoms with van der Waals surface area (Å²) in [6, 6.07) is 1.37. The van der Waals surface area contributed by atoms with Crippen LogP contribution in [0.5, 0.6) is 0 Å². The first-order valence-electron chi connectivity index (χ1n) is 24.4. The molecule has 0 heterocycles. The van der Waals surface area contributed by atoms with Crippen molar-refractivity contribution in [1.29, 1.82) is 0 Å². The number of carbonyl (C=O) groups excluding carboxylic acids is 8. The third-order valence-electron chi connectivity index (χ3n) is 8.20. The van der Waals surface area contributed by atoms with Crippen LogP contribution in [0, 0.1) is 0 Å². The number of rotatable bonds is 36. The fraction of sp³-hybridized carbons (Fsp3) is 0.556. The lowest BCUT2D eigenvalue weighted by atomic mass is 10.3. The van der Waals surface area contributed by atoms with E-state index in [0.717, 1.165) is 55.5 Å². The standard InChI is InChI=1S/C13H21NO4.2C12H19NO4.C9H17NO2.C8H15NO2/c1-5-12(15)17-9-7-14(11(3)4)8-10-18-13(16)6-2;1-5-11(14)16-7-10(13-9(3)4)8-17-12(15)6-2;1-5-11(14)16-8-10(7-13-9(3)4)17-12(15)6-2;1-4-9(11)12-7-5-6-10-8(2)3;1-4-8(10)11-6-5-9-7(2)3/h5-6,11H,1-2,7-10H2,3-4H3;2*5-6,9-10,13H,1-2,7-8H2,3-4H3;4,8,10H,1,5-7H2,2-3H3;4,7,9H,1,5-6H2,2-3H3. The number of ether oxygens (including phenoxy) is 8. The van der Waals surface area contributed by atoms with E-state index in [4.69, 9.17) is 37.9 Å². The minimum atomic E-state index is -0.547. The molecule has 0 radical (unpaired) electrons. The van der Waals surface area contributed by atoms with Gasteiger partial charge >= 0.3 is 47.8 Å². The molecule has 0 aliphatic rings. The van der Waals surface area contributed by atoms with Crippen molar-refractivity contribution >= 4 is 47.8 Å². The van der Waals surface area contributed by atoms with E-state index in [1.807, 2.05) is 60.3 Å². The van der Waals surface area contributed by atoms with Crippen LogP contribution in [-0.2, 0) is 76.3 Å². The minimum absolute atomic E-state index is 0.00977. The average Bonchev–Trinajstić information content (AvgIpc) is 3.37. The molecule has 0 rings (SSSR count). The Hall–Kier alpha value is -6.52. The lowest BCUT2D eigenvalue weighted by Crippen LogP contribution is -2.42. The Kier molecular flexibility index (Phi) is 55.5. The Labute approximate surface area is 447 Å². The maximum Gasteiger partial charge on any atom is 0.330 e. The third kappa shape index (κ3) is 61.7. The van der Waals surface area contributed by atoms with Crippen molar-refractivity contribution in [3.8, 4) is 0 Å². The lowest BCUT2D eigenvalue weighted by Gasteiger charge is -2.25. The molecule has 0 aromatic carbocycles. The smallest absolute Gasteiger partial charge is 0.330 e. The zero-order chi connectivity index (χ0) is 58.6.